The lowest BCUT2D eigenvalue weighted by Gasteiger charge is -2.31. The van der Waals surface area contributed by atoms with Crippen LogP contribution in [0.5, 0.6) is 0 Å². The van der Waals surface area contributed by atoms with Crippen LogP contribution in [-0.4, -0.2) is 79.8 Å². The predicted octanol–water partition coefficient (Wildman–Crippen LogP) is 10.5. The summed E-state index contributed by atoms with van der Waals surface area (Å²) < 4.78 is 23.1. The van der Waals surface area contributed by atoms with Gasteiger partial charge >= 0.3 is 0 Å². The zero-order valence-electron chi connectivity index (χ0n) is 35.6. The fraction of sp³-hybridized carbons (Fsp3) is 0.977. The molecule has 0 aromatic heterocycles. The lowest BCUT2D eigenvalue weighted by molar-refractivity contribution is -0.870. The molecule has 4 atom stereocenters. The minimum Gasteiger partial charge on any atom is -0.756 e. The highest BCUT2D eigenvalue weighted by atomic mass is 31.2. The third-order valence-electron chi connectivity index (χ3n) is 10.4. The van der Waals surface area contributed by atoms with Gasteiger partial charge in [0.2, 0.25) is 5.91 Å². The molecule has 9 nitrogen and oxygen atoms in total. The molecule has 10 heteroatoms. The van der Waals surface area contributed by atoms with E-state index >= 15 is 0 Å². The number of quaternary nitrogens is 1. The molecular weight excluding hydrogens is 687 g/mol. The van der Waals surface area contributed by atoms with E-state index in [1.807, 2.05) is 21.1 Å². The molecule has 3 N–H and O–H groups in total. The number of carbonyl (C=O) groups excluding carboxylic acids is 1. The average molecular weight is 777 g/mol. The summed E-state index contributed by atoms with van der Waals surface area (Å²) in [6, 6.07) is -1.06. The smallest absolute Gasteiger partial charge is 0.268 e. The lowest BCUT2D eigenvalue weighted by atomic mass is 9.99. The number of likely N-dealkylation sites (N-methyl/N-ethyl adjacent to an activating group) is 1. The molecule has 0 aliphatic heterocycles. The van der Waals surface area contributed by atoms with E-state index < -0.39 is 32.7 Å². The Kier molecular flexibility index (Phi) is 35.5. The summed E-state index contributed by atoms with van der Waals surface area (Å²) >= 11 is 0. The lowest BCUT2D eigenvalue weighted by Crippen LogP contribution is -2.51. The van der Waals surface area contributed by atoms with Crippen LogP contribution in [-0.2, 0) is 18.4 Å². The second-order valence-corrected chi connectivity index (χ2v) is 18.3. The van der Waals surface area contributed by atoms with Gasteiger partial charge < -0.3 is 34.0 Å². The average Bonchev–Trinajstić information content (AvgIpc) is 3.10. The Balaban J connectivity index is 4.44. The molecule has 53 heavy (non-hydrogen) atoms. The van der Waals surface area contributed by atoms with E-state index in [2.05, 4.69) is 19.2 Å². The Morgan fingerprint density at radius 1 is 0.604 bits per heavy atom. The van der Waals surface area contributed by atoms with Crippen molar-refractivity contribution in [3.05, 3.63) is 0 Å². The quantitative estimate of drug-likeness (QED) is 0.0320. The highest BCUT2D eigenvalue weighted by Gasteiger charge is 2.29. The molecule has 0 aromatic carbocycles. The molecule has 0 radical (unpaired) electrons. The highest BCUT2D eigenvalue weighted by molar-refractivity contribution is 7.45. The Morgan fingerprint density at radius 2 is 0.962 bits per heavy atom. The van der Waals surface area contributed by atoms with Crippen molar-refractivity contribution in [2.45, 2.75) is 231 Å². The Morgan fingerprint density at radius 3 is 1.34 bits per heavy atom. The third kappa shape index (κ3) is 36.8. The topological polar surface area (TPSA) is 128 Å². The van der Waals surface area contributed by atoms with Crippen molar-refractivity contribution in [3.63, 3.8) is 0 Å². The van der Waals surface area contributed by atoms with E-state index in [4.69, 9.17) is 9.05 Å². The number of carbonyl (C=O) groups is 1. The fourth-order valence-corrected chi connectivity index (χ4v) is 7.51. The second kappa shape index (κ2) is 35.8. The first-order chi connectivity index (χ1) is 25.4. The monoisotopic (exact) mass is 777 g/mol. The van der Waals surface area contributed by atoms with Crippen LogP contribution in [0, 0.1) is 0 Å². The first kappa shape index (κ1) is 52.5. The van der Waals surface area contributed by atoms with Gasteiger partial charge in [0.05, 0.1) is 39.9 Å². The molecule has 4 unspecified atom stereocenters. The standard InChI is InChI=1S/C43H89N2O7P/c1-6-8-10-12-14-16-18-20-21-22-23-24-26-28-30-32-34-36-42(47)44-40(39-52-53(49,50)51-38-37-45(3,4)5)43(48)41(46)35-33-31-29-27-25-19-17-15-13-11-9-7-2/h40-41,43,46,48H,6-39H2,1-5H3,(H-,44,47,49,50). The van der Waals surface area contributed by atoms with Crippen molar-refractivity contribution in [2.24, 2.45) is 0 Å². The molecule has 0 aliphatic rings. The molecule has 0 aliphatic carbocycles. The van der Waals surface area contributed by atoms with Crippen molar-refractivity contribution in [3.8, 4) is 0 Å². The summed E-state index contributed by atoms with van der Waals surface area (Å²) in [5, 5.41) is 24.6. The fourth-order valence-electron chi connectivity index (χ4n) is 6.78. The minimum absolute atomic E-state index is 0.0370. The molecular formula is C43H89N2O7P. The molecule has 0 fully saturated rings. The van der Waals surface area contributed by atoms with Crippen molar-refractivity contribution in [1.29, 1.82) is 0 Å². The van der Waals surface area contributed by atoms with Crippen LogP contribution in [0.2, 0.25) is 0 Å². The third-order valence-corrected chi connectivity index (χ3v) is 11.4. The number of phosphoric acid groups is 1. The van der Waals surface area contributed by atoms with Crippen LogP contribution < -0.4 is 10.2 Å². The van der Waals surface area contributed by atoms with E-state index in [9.17, 15) is 24.5 Å². The summed E-state index contributed by atoms with van der Waals surface area (Å²) in [7, 11) is 1.14. The van der Waals surface area contributed by atoms with Crippen LogP contribution in [0.25, 0.3) is 0 Å². The molecule has 0 heterocycles. The summed E-state index contributed by atoms with van der Waals surface area (Å²) in [4.78, 5) is 25.3. The van der Waals surface area contributed by atoms with Crippen LogP contribution in [0.1, 0.15) is 213 Å². The van der Waals surface area contributed by atoms with E-state index in [1.54, 1.807) is 0 Å². The molecule has 318 valence electrons. The van der Waals surface area contributed by atoms with Gasteiger partial charge in [-0.25, -0.2) is 0 Å². The van der Waals surface area contributed by atoms with E-state index in [0.717, 1.165) is 38.5 Å². The van der Waals surface area contributed by atoms with Gasteiger partial charge in [-0.2, -0.15) is 0 Å². The molecule has 1 amide bonds. The van der Waals surface area contributed by atoms with Crippen molar-refractivity contribution < 1.29 is 38.0 Å². The number of nitrogens with one attached hydrogen (secondary N) is 1. The molecule has 0 aromatic rings. The Labute approximate surface area is 328 Å². The van der Waals surface area contributed by atoms with Crippen LogP contribution in [0.15, 0.2) is 0 Å². The number of amides is 1. The summed E-state index contributed by atoms with van der Waals surface area (Å²) in [5.41, 5.74) is 0. The van der Waals surface area contributed by atoms with Gasteiger partial charge in [-0.3, -0.25) is 9.36 Å². The second-order valence-electron chi connectivity index (χ2n) is 16.9. The number of rotatable bonds is 41. The first-order valence-corrected chi connectivity index (χ1v) is 23.9. The van der Waals surface area contributed by atoms with Gasteiger partial charge in [-0.05, 0) is 12.8 Å². The summed E-state index contributed by atoms with van der Waals surface area (Å²) in [5.74, 6) is -0.275. The molecule has 0 bridgehead atoms. The molecule has 0 spiro atoms. The van der Waals surface area contributed by atoms with E-state index in [-0.39, 0.29) is 18.9 Å². The predicted molar refractivity (Wildman–Crippen MR) is 221 cm³/mol. The SMILES string of the molecule is CCCCCCCCCCCCCCCCCCCC(=O)NC(COP(=O)([O-])OCC[N+](C)(C)C)C(O)C(O)CCCCCCCCCCCCCC. The van der Waals surface area contributed by atoms with Crippen molar-refractivity contribution in [1.82, 2.24) is 5.32 Å². The Hall–Kier alpha value is -0.540. The molecule has 0 saturated carbocycles. The van der Waals surface area contributed by atoms with Crippen LogP contribution in [0.4, 0.5) is 0 Å². The van der Waals surface area contributed by atoms with E-state index in [1.165, 1.54) is 148 Å². The number of phosphoric ester groups is 1. The van der Waals surface area contributed by atoms with E-state index in [0.29, 0.717) is 17.4 Å². The van der Waals surface area contributed by atoms with Gasteiger partial charge in [-0.1, -0.05) is 194 Å². The van der Waals surface area contributed by atoms with Gasteiger partial charge in [-0.15, -0.1) is 0 Å². The van der Waals surface area contributed by atoms with Gasteiger partial charge in [0.15, 0.2) is 0 Å². The number of aliphatic hydroxyl groups is 2. The number of hydrogen-bond donors (Lipinski definition) is 3. The summed E-state index contributed by atoms with van der Waals surface area (Å²) in [6.45, 7) is 4.45. The number of hydrogen-bond acceptors (Lipinski definition) is 7. The van der Waals surface area contributed by atoms with Crippen molar-refractivity contribution in [2.75, 3.05) is 40.9 Å². The normalized spacial score (nSPS) is 14.9. The summed E-state index contributed by atoms with van der Waals surface area (Å²) in [6.07, 6.45) is 34.2. The number of aliphatic hydroxyl groups excluding tert-OH is 2. The molecule has 0 saturated heterocycles. The maximum atomic E-state index is 12.9. The van der Waals surface area contributed by atoms with Crippen molar-refractivity contribution >= 4 is 13.7 Å². The number of nitrogens with zero attached hydrogens (tertiary/aromatic N) is 1. The van der Waals surface area contributed by atoms with Gasteiger partial charge in [0, 0.05) is 6.42 Å². The zero-order valence-corrected chi connectivity index (χ0v) is 36.5. The van der Waals surface area contributed by atoms with Gasteiger partial charge in [0.25, 0.3) is 7.82 Å². The van der Waals surface area contributed by atoms with Crippen LogP contribution >= 0.6 is 7.82 Å². The number of unbranched alkanes of at least 4 members (excludes halogenated alkanes) is 27. The first-order valence-electron chi connectivity index (χ1n) is 22.5. The largest absolute Gasteiger partial charge is 0.756 e. The highest BCUT2D eigenvalue weighted by Crippen LogP contribution is 2.38. The Bertz CT molecular complexity index is 857. The maximum absolute atomic E-state index is 12.9. The maximum Gasteiger partial charge on any atom is 0.268 e. The van der Waals surface area contributed by atoms with Crippen LogP contribution in [0.3, 0.4) is 0 Å². The zero-order chi connectivity index (χ0) is 39.5. The van der Waals surface area contributed by atoms with Gasteiger partial charge in [0.1, 0.15) is 19.3 Å². The minimum atomic E-state index is -4.66. The molecule has 0 rings (SSSR count).